The average Bonchev–Trinajstić information content (AvgIpc) is 2.68. The number of nitrogens with one attached hydrogen (secondary N) is 1. The third-order valence-corrected chi connectivity index (χ3v) is 4.58. The van der Waals surface area contributed by atoms with Crippen LogP contribution in [0.25, 0.3) is 0 Å². The number of likely N-dealkylation sites (tertiary alicyclic amines) is 1. The highest BCUT2D eigenvalue weighted by molar-refractivity contribution is 5.83. The van der Waals surface area contributed by atoms with Crippen molar-refractivity contribution in [2.24, 2.45) is 0 Å². The minimum atomic E-state index is -0.209. The summed E-state index contributed by atoms with van der Waals surface area (Å²) in [6.07, 6.45) is 5.04. The monoisotopic (exact) mass is 368 g/mol. The van der Waals surface area contributed by atoms with Crippen molar-refractivity contribution < 1.29 is 14.3 Å². The van der Waals surface area contributed by atoms with Crippen LogP contribution in [0.3, 0.4) is 0 Å². The maximum absolute atomic E-state index is 12.3. The molecule has 7 nitrogen and oxygen atoms in total. The zero-order valence-electron chi connectivity index (χ0n) is 15.6. The molecule has 2 aromatic rings. The van der Waals surface area contributed by atoms with Gasteiger partial charge in [-0.2, -0.15) is 0 Å². The summed E-state index contributed by atoms with van der Waals surface area (Å²) in [5.74, 6) is 0.938. The van der Waals surface area contributed by atoms with Crippen molar-refractivity contribution in [2.45, 2.75) is 32.6 Å². The molecule has 0 radical (unpaired) electrons. The van der Waals surface area contributed by atoms with Gasteiger partial charge in [0.15, 0.2) is 0 Å². The molecule has 1 aliphatic rings. The van der Waals surface area contributed by atoms with Gasteiger partial charge in [-0.3, -0.25) is 14.6 Å². The lowest BCUT2D eigenvalue weighted by Gasteiger charge is -2.32. The van der Waals surface area contributed by atoms with E-state index in [4.69, 9.17) is 4.74 Å². The van der Waals surface area contributed by atoms with Crippen molar-refractivity contribution >= 4 is 11.8 Å². The number of carbonyl (C=O) groups is 2. The smallest absolute Gasteiger partial charge is 0.241 e. The van der Waals surface area contributed by atoms with Crippen LogP contribution in [0.4, 0.5) is 0 Å². The van der Waals surface area contributed by atoms with Gasteiger partial charge in [-0.15, -0.1) is 0 Å². The van der Waals surface area contributed by atoms with E-state index in [0.29, 0.717) is 24.7 Å². The summed E-state index contributed by atoms with van der Waals surface area (Å²) in [7, 11) is 0. The summed E-state index contributed by atoms with van der Waals surface area (Å²) >= 11 is 0. The van der Waals surface area contributed by atoms with Crippen LogP contribution in [-0.4, -0.2) is 46.3 Å². The fourth-order valence-corrected chi connectivity index (χ4v) is 3.15. The molecule has 1 N–H and O–H groups in total. The molecule has 0 spiro atoms. The molecule has 142 valence electrons. The van der Waals surface area contributed by atoms with E-state index in [9.17, 15) is 9.59 Å². The van der Waals surface area contributed by atoms with E-state index in [0.717, 1.165) is 24.1 Å². The highest BCUT2D eigenvalue weighted by Crippen LogP contribution is 2.32. The summed E-state index contributed by atoms with van der Waals surface area (Å²) in [6.45, 7) is 4.67. The van der Waals surface area contributed by atoms with Crippen LogP contribution < -0.4 is 10.1 Å². The van der Waals surface area contributed by atoms with Crippen molar-refractivity contribution in [3.05, 3.63) is 47.9 Å². The molecule has 0 aliphatic carbocycles. The Hall–Kier alpha value is -2.96. The Morgan fingerprint density at radius 1 is 1.22 bits per heavy atom. The first-order chi connectivity index (χ1) is 13.0. The predicted molar refractivity (Wildman–Crippen MR) is 101 cm³/mol. The number of carbonyl (C=O) groups excluding carboxylic acids is 2. The van der Waals surface area contributed by atoms with E-state index >= 15 is 0 Å². The van der Waals surface area contributed by atoms with Crippen molar-refractivity contribution in [1.82, 2.24) is 20.2 Å². The van der Waals surface area contributed by atoms with Crippen molar-refractivity contribution in [3.8, 4) is 11.6 Å². The van der Waals surface area contributed by atoms with Gasteiger partial charge in [-0.05, 0) is 31.9 Å². The molecule has 7 heteroatoms. The van der Waals surface area contributed by atoms with E-state index in [1.807, 2.05) is 31.2 Å². The molecule has 27 heavy (non-hydrogen) atoms. The second-order valence-corrected chi connectivity index (χ2v) is 6.75. The minimum absolute atomic E-state index is 0.0231. The molecular weight excluding hydrogens is 344 g/mol. The number of benzene rings is 1. The third-order valence-electron chi connectivity index (χ3n) is 4.58. The fraction of sp³-hybridized carbons (Fsp3) is 0.400. The van der Waals surface area contributed by atoms with Crippen LogP contribution in [0.2, 0.25) is 0 Å². The fourth-order valence-electron chi connectivity index (χ4n) is 3.15. The quantitative estimate of drug-likeness (QED) is 0.876. The van der Waals surface area contributed by atoms with Crippen LogP contribution in [0.5, 0.6) is 11.6 Å². The molecule has 0 saturated carbocycles. The zero-order chi connectivity index (χ0) is 19.2. The van der Waals surface area contributed by atoms with Gasteiger partial charge >= 0.3 is 0 Å². The zero-order valence-corrected chi connectivity index (χ0v) is 15.6. The number of piperidine rings is 1. The number of aromatic nitrogens is 2. The number of ether oxygens (including phenoxy) is 1. The van der Waals surface area contributed by atoms with Crippen molar-refractivity contribution in [2.75, 3.05) is 19.6 Å². The van der Waals surface area contributed by atoms with Crippen LogP contribution in [-0.2, 0) is 9.59 Å². The second-order valence-electron chi connectivity index (χ2n) is 6.75. The highest BCUT2D eigenvalue weighted by Gasteiger charge is 2.28. The Balaban J connectivity index is 1.72. The standard InChI is InChI=1S/C20H24N4O3/c1-14-5-7-17(8-6-14)27-20-19(21-9-10-22-20)16-4-3-11-24(13-16)18(26)12-23-15(2)25/h5-10,16H,3-4,11-13H2,1-2H3,(H,23,25)/t16-/m1/s1. The van der Waals surface area contributed by atoms with Gasteiger partial charge in [-0.1, -0.05) is 17.7 Å². The van der Waals surface area contributed by atoms with E-state index in [2.05, 4.69) is 15.3 Å². The van der Waals surface area contributed by atoms with Crippen LogP contribution in [0.15, 0.2) is 36.7 Å². The Morgan fingerprint density at radius 3 is 2.70 bits per heavy atom. The Labute approximate surface area is 158 Å². The van der Waals surface area contributed by atoms with Gasteiger partial charge in [0, 0.05) is 38.3 Å². The first-order valence-corrected chi connectivity index (χ1v) is 9.10. The first-order valence-electron chi connectivity index (χ1n) is 9.10. The van der Waals surface area contributed by atoms with Gasteiger partial charge in [0.25, 0.3) is 0 Å². The molecule has 1 saturated heterocycles. The van der Waals surface area contributed by atoms with Crippen molar-refractivity contribution in [3.63, 3.8) is 0 Å². The molecular formula is C20H24N4O3. The number of nitrogens with zero attached hydrogens (tertiary/aromatic N) is 3. The lowest BCUT2D eigenvalue weighted by molar-refractivity contribution is -0.133. The highest BCUT2D eigenvalue weighted by atomic mass is 16.5. The van der Waals surface area contributed by atoms with Gasteiger partial charge in [0.1, 0.15) is 11.4 Å². The molecule has 1 aromatic carbocycles. The topological polar surface area (TPSA) is 84.4 Å². The molecule has 2 heterocycles. The maximum Gasteiger partial charge on any atom is 0.241 e. The van der Waals surface area contributed by atoms with Crippen molar-refractivity contribution in [1.29, 1.82) is 0 Å². The van der Waals surface area contributed by atoms with E-state index in [1.54, 1.807) is 17.3 Å². The number of aryl methyl sites for hydroxylation is 1. The summed E-state index contributed by atoms with van der Waals surface area (Å²) in [5.41, 5.74) is 1.91. The summed E-state index contributed by atoms with van der Waals surface area (Å²) < 4.78 is 5.96. The summed E-state index contributed by atoms with van der Waals surface area (Å²) in [5, 5.41) is 2.56. The Bertz CT molecular complexity index is 807. The summed E-state index contributed by atoms with van der Waals surface area (Å²) in [6, 6.07) is 7.76. The van der Waals surface area contributed by atoms with E-state index in [-0.39, 0.29) is 24.3 Å². The van der Waals surface area contributed by atoms with E-state index < -0.39 is 0 Å². The lowest BCUT2D eigenvalue weighted by atomic mass is 9.94. The lowest BCUT2D eigenvalue weighted by Crippen LogP contribution is -2.44. The van der Waals surface area contributed by atoms with Crippen LogP contribution in [0.1, 0.15) is 36.9 Å². The molecule has 1 aliphatic heterocycles. The largest absolute Gasteiger partial charge is 0.437 e. The molecule has 1 atom stereocenters. The number of rotatable bonds is 5. The third kappa shape index (κ3) is 5.03. The number of hydrogen-bond acceptors (Lipinski definition) is 5. The van der Waals surface area contributed by atoms with Gasteiger partial charge in [0.05, 0.1) is 6.54 Å². The number of hydrogen-bond donors (Lipinski definition) is 1. The van der Waals surface area contributed by atoms with Crippen LogP contribution >= 0.6 is 0 Å². The Kier molecular flexibility index (Phi) is 6.01. The maximum atomic E-state index is 12.3. The molecule has 0 unspecified atom stereocenters. The minimum Gasteiger partial charge on any atom is -0.437 e. The average molecular weight is 368 g/mol. The molecule has 1 fully saturated rings. The first kappa shape index (κ1) is 18.8. The van der Waals surface area contributed by atoms with Gasteiger partial charge < -0.3 is 15.0 Å². The second kappa shape index (κ2) is 8.62. The summed E-state index contributed by atoms with van der Waals surface area (Å²) in [4.78, 5) is 34.0. The Morgan fingerprint density at radius 2 is 1.96 bits per heavy atom. The molecule has 1 aromatic heterocycles. The normalized spacial score (nSPS) is 16.7. The molecule has 2 amide bonds. The van der Waals surface area contributed by atoms with Crippen LogP contribution in [0, 0.1) is 6.92 Å². The van der Waals surface area contributed by atoms with E-state index in [1.165, 1.54) is 6.92 Å². The SMILES string of the molecule is CC(=O)NCC(=O)N1CCC[C@@H](c2nccnc2Oc2ccc(C)cc2)C1. The number of amides is 2. The van der Waals surface area contributed by atoms with Gasteiger partial charge in [0.2, 0.25) is 17.7 Å². The molecule has 3 rings (SSSR count). The predicted octanol–water partition coefficient (Wildman–Crippen LogP) is 2.42. The van der Waals surface area contributed by atoms with Gasteiger partial charge in [-0.25, -0.2) is 4.98 Å². The molecule has 0 bridgehead atoms.